The normalized spacial score (nSPS) is 18.0. The summed E-state index contributed by atoms with van der Waals surface area (Å²) >= 11 is 1.63. The molecule has 6 heteroatoms. The third-order valence-corrected chi connectivity index (χ3v) is 5.27. The summed E-state index contributed by atoms with van der Waals surface area (Å²) in [5, 5.41) is 3.61. The monoisotopic (exact) mass is 333 g/mol. The van der Waals surface area contributed by atoms with E-state index in [-0.39, 0.29) is 23.6 Å². The number of hydrogen-bond donors (Lipinski definition) is 1. The van der Waals surface area contributed by atoms with Crippen LogP contribution in [0.5, 0.6) is 0 Å². The van der Waals surface area contributed by atoms with Crippen LogP contribution < -0.4 is 10.9 Å². The lowest BCUT2D eigenvalue weighted by Crippen LogP contribution is -2.43. The number of nitrogens with one attached hydrogen (secondary N) is 1. The molecule has 3 rings (SSSR count). The van der Waals surface area contributed by atoms with Gasteiger partial charge in [0.1, 0.15) is 11.4 Å². The van der Waals surface area contributed by atoms with E-state index in [9.17, 15) is 9.59 Å². The Balaban J connectivity index is 1.96. The van der Waals surface area contributed by atoms with Gasteiger partial charge in [-0.25, -0.2) is 4.98 Å². The zero-order chi connectivity index (χ0) is 16.8. The molecule has 2 aromatic heterocycles. The van der Waals surface area contributed by atoms with Crippen LogP contribution in [0, 0.1) is 5.92 Å². The summed E-state index contributed by atoms with van der Waals surface area (Å²) in [6.07, 6.45) is 4.57. The highest BCUT2D eigenvalue weighted by Crippen LogP contribution is 2.35. The molecule has 1 aliphatic carbocycles. The number of hydrogen-bond acceptors (Lipinski definition) is 4. The molecule has 0 bridgehead atoms. The molecule has 2 heterocycles. The van der Waals surface area contributed by atoms with Gasteiger partial charge in [0.05, 0.1) is 11.7 Å². The average molecular weight is 333 g/mol. The first-order valence-electron chi connectivity index (χ1n) is 8.05. The van der Waals surface area contributed by atoms with E-state index >= 15 is 0 Å². The van der Waals surface area contributed by atoms with Gasteiger partial charge in [0.15, 0.2) is 0 Å². The second-order valence-electron chi connectivity index (χ2n) is 7.51. The number of nitrogens with zero attached hydrogens (tertiary/aromatic N) is 2. The third kappa shape index (κ3) is 3.32. The lowest BCUT2D eigenvalue weighted by molar-refractivity contribution is -0.123. The molecule has 1 N–H and O–H groups in total. The van der Waals surface area contributed by atoms with Crippen LogP contribution in [0.4, 0.5) is 0 Å². The lowest BCUT2D eigenvalue weighted by Gasteiger charge is -2.20. The Hall–Kier alpha value is -1.69. The van der Waals surface area contributed by atoms with Crippen molar-refractivity contribution in [2.75, 3.05) is 0 Å². The number of amides is 1. The SMILES string of the molecule is C[C@@H]1CCc2c(sc3ncn(CC(=O)NC(C)(C)C)c(=O)c23)C1. The predicted octanol–water partition coefficient (Wildman–Crippen LogP) is 2.50. The molecule has 2 aromatic rings. The van der Waals surface area contributed by atoms with Crippen LogP contribution in [0.25, 0.3) is 10.2 Å². The highest BCUT2D eigenvalue weighted by Gasteiger charge is 2.23. The summed E-state index contributed by atoms with van der Waals surface area (Å²) in [4.78, 5) is 31.4. The van der Waals surface area contributed by atoms with Gasteiger partial charge in [0.2, 0.25) is 5.91 Å². The summed E-state index contributed by atoms with van der Waals surface area (Å²) in [5.41, 5.74) is 0.757. The Bertz CT molecular complexity index is 814. The fourth-order valence-corrected chi connectivity index (χ4v) is 4.43. The highest BCUT2D eigenvalue weighted by atomic mass is 32.1. The Morgan fingerprint density at radius 1 is 1.48 bits per heavy atom. The number of carbonyl (C=O) groups excluding carboxylic acids is 1. The van der Waals surface area contributed by atoms with Crippen LogP contribution in [-0.4, -0.2) is 21.0 Å². The maximum atomic E-state index is 12.8. The van der Waals surface area contributed by atoms with E-state index in [0.717, 1.165) is 35.0 Å². The molecule has 0 saturated heterocycles. The fourth-order valence-electron chi connectivity index (χ4n) is 3.09. The first-order valence-corrected chi connectivity index (χ1v) is 8.87. The van der Waals surface area contributed by atoms with E-state index in [1.165, 1.54) is 15.8 Å². The Morgan fingerprint density at radius 3 is 2.91 bits per heavy atom. The van der Waals surface area contributed by atoms with Crippen LogP contribution in [0.3, 0.4) is 0 Å². The topological polar surface area (TPSA) is 64.0 Å². The van der Waals surface area contributed by atoms with Crippen molar-refractivity contribution in [3.8, 4) is 0 Å². The first kappa shape index (κ1) is 16.2. The maximum Gasteiger partial charge on any atom is 0.262 e. The van der Waals surface area contributed by atoms with Gasteiger partial charge in [0.25, 0.3) is 5.56 Å². The first-order chi connectivity index (χ1) is 10.7. The van der Waals surface area contributed by atoms with E-state index in [2.05, 4.69) is 17.2 Å². The molecule has 1 atom stereocenters. The van der Waals surface area contributed by atoms with Crippen LogP contribution in [0.2, 0.25) is 0 Å². The van der Waals surface area contributed by atoms with Gasteiger partial charge < -0.3 is 5.32 Å². The summed E-state index contributed by atoms with van der Waals surface area (Å²) in [6.45, 7) is 8.03. The number of carbonyl (C=O) groups is 1. The van der Waals surface area contributed by atoms with Crippen LogP contribution in [0.15, 0.2) is 11.1 Å². The van der Waals surface area contributed by atoms with E-state index in [1.807, 2.05) is 20.8 Å². The van der Waals surface area contributed by atoms with Gasteiger partial charge in [-0.15, -0.1) is 11.3 Å². The van der Waals surface area contributed by atoms with Crippen molar-refractivity contribution in [2.24, 2.45) is 5.92 Å². The minimum Gasteiger partial charge on any atom is -0.350 e. The molecule has 0 unspecified atom stereocenters. The quantitative estimate of drug-likeness (QED) is 0.918. The van der Waals surface area contributed by atoms with Gasteiger partial charge in [-0.2, -0.15) is 0 Å². The average Bonchev–Trinajstić information content (AvgIpc) is 2.78. The van der Waals surface area contributed by atoms with Crippen LogP contribution in [0.1, 0.15) is 44.6 Å². The summed E-state index contributed by atoms with van der Waals surface area (Å²) < 4.78 is 1.43. The minimum absolute atomic E-state index is 0.0140. The molecule has 124 valence electrons. The second-order valence-corrected chi connectivity index (χ2v) is 8.59. The zero-order valence-corrected chi connectivity index (χ0v) is 14.9. The van der Waals surface area contributed by atoms with Crippen molar-refractivity contribution >= 4 is 27.5 Å². The van der Waals surface area contributed by atoms with Gasteiger partial charge in [0, 0.05) is 10.4 Å². The van der Waals surface area contributed by atoms with Gasteiger partial charge in [-0.05, 0) is 51.5 Å². The van der Waals surface area contributed by atoms with Crippen molar-refractivity contribution in [3.05, 3.63) is 27.1 Å². The predicted molar refractivity (Wildman–Crippen MR) is 93.0 cm³/mol. The molecule has 23 heavy (non-hydrogen) atoms. The smallest absolute Gasteiger partial charge is 0.262 e. The van der Waals surface area contributed by atoms with Crippen molar-refractivity contribution < 1.29 is 4.79 Å². The van der Waals surface area contributed by atoms with Gasteiger partial charge in [-0.1, -0.05) is 6.92 Å². The highest BCUT2D eigenvalue weighted by molar-refractivity contribution is 7.18. The number of fused-ring (bicyclic) bond motifs is 3. The summed E-state index contributed by atoms with van der Waals surface area (Å²) in [5.74, 6) is 0.494. The molecule has 1 amide bonds. The van der Waals surface area contributed by atoms with Gasteiger partial charge in [-0.3, -0.25) is 14.2 Å². The minimum atomic E-state index is -0.310. The van der Waals surface area contributed by atoms with E-state index < -0.39 is 0 Å². The number of aromatic nitrogens is 2. The van der Waals surface area contributed by atoms with E-state index in [4.69, 9.17) is 0 Å². The second kappa shape index (κ2) is 5.74. The molecule has 0 aromatic carbocycles. The Kier molecular flexibility index (Phi) is 4.04. The molecular formula is C17H23N3O2S. The van der Waals surface area contributed by atoms with Crippen molar-refractivity contribution in [1.29, 1.82) is 0 Å². The zero-order valence-electron chi connectivity index (χ0n) is 14.1. The maximum absolute atomic E-state index is 12.8. The van der Waals surface area contributed by atoms with E-state index in [0.29, 0.717) is 5.92 Å². The van der Waals surface area contributed by atoms with Crippen molar-refractivity contribution in [3.63, 3.8) is 0 Å². The van der Waals surface area contributed by atoms with Crippen molar-refractivity contribution in [2.45, 2.75) is 59.0 Å². The molecule has 0 fully saturated rings. The van der Waals surface area contributed by atoms with Crippen molar-refractivity contribution in [1.82, 2.24) is 14.9 Å². The molecule has 0 spiro atoms. The van der Waals surface area contributed by atoms with Crippen LogP contribution >= 0.6 is 11.3 Å². The number of thiophene rings is 1. The summed E-state index contributed by atoms with van der Waals surface area (Å²) in [7, 11) is 0. The molecule has 0 saturated carbocycles. The molecule has 0 radical (unpaired) electrons. The van der Waals surface area contributed by atoms with Gasteiger partial charge >= 0.3 is 0 Å². The Labute approximate surface area is 139 Å². The molecule has 5 nitrogen and oxygen atoms in total. The summed E-state index contributed by atoms with van der Waals surface area (Å²) in [6, 6.07) is 0. The molecule has 1 aliphatic rings. The third-order valence-electron chi connectivity index (χ3n) is 4.11. The number of rotatable bonds is 2. The number of aryl methyl sites for hydroxylation is 1. The van der Waals surface area contributed by atoms with Crippen LogP contribution in [-0.2, 0) is 24.2 Å². The molecular weight excluding hydrogens is 310 g/mol. The Morgan fingerprint density at radius 2 is 2.22 bits per heavy atom. The van der Waals surface area contributed by atoms with E-state index in [1.54, 1.807) is 11.3 Å². The molecule has 0 aliphatic heterocycles. The fraction of sp³-hybridized carbons (Fsp3) is 0.588. The largest absolute Gasteiger partial charge is 0.350 e. The standard InChI is InChI=1S/C17H23N3O2S/c1-10-5-6-11-12(7-10)23-15-14(11)16(22)20(9-18-15)8-13(21)19-17(2,3)4/h9-10H,5-8H2,1-4H3,(H,19,21)/t10-/m1/s1. The lowest BCUT2D eigenvalue weighted by atomic mass is 9.89.